The molecule has 4 nitrogen and oxygen atoms in total. The highest BCUT2D eigenvalue weighted by atomic mass is 35.5. The lowest BCUT2D eigenvalue weighted by molar-refractivity contribution is 0.102. The zero-order valence-electron chi connectivity index (χ0n) is 12.4. The fraction of sp³-hybridized carbons (Fsp3) is 0. The Labute approximate surface area is 147 Å². The second kappa shape index (κ2) is 6.11. The summed E-state index contributed by atoms with van der Waals surface area (Å²) in [6.07, 6.45) is 3.23. The normalized spacial score (nSPS) is 10.9. The first kappa shape index (κ1) is 14.9. The molecule has 118 valence electrons. The summed E-state index contributed by atoms with van der Waals surface area (Å²) in [5, 5.41) is 10.9. The molecule has 2 heterocycles. The number of aromatic nitrogens is 2. The van der Waals surface area contributed by atoms with Gasteiger partial charge in [-0.15, -0.1) is 11.3 Å². The van der Waals surface area contributed by atoms with Gasteiger partial charge < -0.3 is 5.32 Å². The number of halogens is 1. The van der Waals surface area contributed by atoms with Crippen molar-refractivity contribution in [3.05, 3.63) is 76.9 Å². The second-order valence-electron chi connectivity index (χ2n) is 5.28. The number of nitrogens with zero attached hydrogens (tertiary/aromatic N) is 2. The Kier molecular flexibility index (Phi) is 3.80. The Morgan fingerprint density at radius 3 is 2.96 bits per heavy atom. The van der Waals surface area contributed by atoms with Crippen LogP contribution in [0.15, 0.2) is 66.3 Å². The van der Waals surface area contributed by atoms with Crippen LogP contribution in [0.4, 0.5) is 5.69 Å². The minimum atomic E-state index is -0.196. The molecule has 0 fully saturated rings. The van der Waals surface area contributed by atoms with E-state index in [0.29, 0.717) is 10.6 Å². The van der Waals surface area contributed by atoms with Gasteiger partial charge in [0, 0.05) is 21.6 Å². The molecule has 0 spiro atoms. The summed E-state index contributed by atoms with van der Waals surface area (Å²) in [5.74, 6) is -0.196. The van der Waals surface area contributed by atoms with Crippen LogP contribution in [0.3, 0.4) is 0 Å². The topological polar surface area (TPSA) is 46.9 Å². The number of nitrogens with one attached hydrogen (secondary N) is 1. The Balaban J connectivity index is 1.56. The van der Waals surface area contributed by atoms with Crippen LogP contribution in [0.2, 0.25) is 5.02 Å². The van der Waals surface area contributed by atoms with Crippen LogP contribution in [-0.4, -0.2) is 15.7 Å². The molecule has 0 saturated heterocycles. The number of benzene rings is 2. The van der Waals surface area contributed by atoms with Crippen LogP contribution in [0.1, 0.15) is 10.4 Å². The van der Waals surface area contributed by atoms with E-state index in [1.807, 2.05) is 41.8 Å². The molecule has 1 N–H and O–H groups in total. The Morgan fingerprint density at radius 1 is 1.17 bits per heavy atom. The maximum Gasteiger partial charge on any atom is 0.258 e. The predicted molar refractivity (Wildman–Crippen MR) is 98.4 cm³/mol. The maximum atomic E-state index is 12.4. The van der Waals surface area contributed by atoms with Gasteiger partial charge in [0.05, 0.1) is 17.4 Å². The largest absolute Gasteiger partial charge is 0.322 e. The number of thiophene rings is 1. The van der Waals surface area contributed by atoms with Crippen LogP contribution in [0.5, 0.6) is 0 Å². The molecule has 24 heavy (non-hydrogen) atoms. The smallest absolute Gasteiger partial charge is 0.258 e. The van der Waals surface area contributed by atoms with Gasteiger partial charge in [0.15, 0.2) is 0 Å². The predicted octanol–water partition coefficient (Wildman–Crippen LogP) is 4.99. The highest BCUT2D eigenvalue weighted by Gasteiger charge is 2.10. The summed E-state index contributed by atoms with van der Waals surface area (Å²) in [6.45, 7) is 0. The van der Waals surface area contributed by atoms with Gasteiger partial charge in [0.25, 0.3) is 5.91 Å². The zero-order valence-corrected chi connectivity index (χ0v) is 14.0. The molecule has 0 atom stereocenters. The minimum absolute atomic E-state index is 0.196. The minimum Gasteiger partial charge on any atom is -0.322 e. The molecule has 6 heteroatoms. The molecular formula is C18H12ClN3OS. The average molecular weight is 354 g/mol. The van der Waals surface area contributed by atoms with Crippen LogP contribution in [0, 0.1) is 0 Å². The first-order valence-corrected chi connectivity index (χ1v) is 8.54. The van der Waals surface area contributed by atoms with E-state index < -0.39 is 0 Å². The van der Waals surface area contributed by atoms with Gasteiger partial charge in [0.1, 0.15) is 0 Å². The molecule has 4 aromatic rings. The van der Waals surface area contributed by atoms with Crippen LogP contribution in [-0.2, 0) is 0 Å². The molecule has 2 aromatic heterocycles. The second-order valence-corrected chi connectivity index (χ2v) is 6.66. The third kappa shape index (κ3) is 2.91. The van der Waals surface area contributed by atoms with Crippen LogP contribution < -0.4 is 5.32 Å². The molecule has 4 rings (SSSR count). The van der Waals surface area contributed by atoms with Gasteiger partial charge in [-0.1, -0.05) is 17.7 Å². The van der Waals surface area contributed by atoms with Crippen molar-refractivity contribution in [2.45, 2.75) is 0 Å². The SMILES string of the molecule is O=C(Nc1ccc2sccc2c1)c1cnn(-c2cccc(Cl)c2)c1. The molecule has 0 saturated carbocycles. The van der Waals surface area contributed by atoms with Crippen LogP contribution >= 0.6 is 22.9 Å². The lowest BCUT2D eigenvalue weighted by atomic mass is 10.2. The van der Waals surface area contributed by atoms with E-state index in [1.165, 1.54) is 4.70 Å². The van der Waals surface area contributed by atoms with Crippen molar-refractivity contribution in [1.29, 1.82) is 0 Å². The monoisotopic (exact) mass is 353 g/mol. The van der Waals surface area contributed by atoms with E-state index in [0.717, 1.165) is 16.8 Å². The number of hydrogen-bond donors (Lipinski definition) is 1. The summed E-state index contributed by atoms with van der Waals surface area (Å²) in [4.78, 5) is 12.4. The highest BCUT2D eigenvalue weighted by Crippen LogP contribution is 2.24. The lowest BCUT2D eigenvalue weighted by Crippen LogP contribution is -2.10. The van der Waals surface area contributed by atoms with E-state index in [2.05, 4.69) is 10.4 Å². The number of amides is 1. The van der Waals surface area contributed by atoms with Gasteiger partial charge in [-0.25, -0.2) is 4.68 Å². The number of rotatable bonds is 3. The van der Waals surface area contributed by atoms with Gasteiger partial charge in [-0.3, -0.25) is 4.79 Å². The Bertz CT molecular complexity index is 1040. The van der Waals surface area contributed by atoms with Crippen molar-refractivity contribution < 1.29 is 4.79 Å². The van der Waals surface area contributed by atoms with Gasteiger partial charge in [-0.2, -0.15) is 5.10 Å². The first-order valence-electron chi connectivity index (χ1n) is 7.28. The first-order chi connectivity index (χ1) is 11.7. The van der Waals surface area contributed by atoms with Crippen molar-refractivity contribution in [3.8, 4) is 5.69 Å². The number of carbonyl (C=O) groups is 1. The molecule has 0 radical (unpaired) electrons. The molecular weight excluding hydrogens is 342 g/mol. The van der Waals surface area contributed by atoms with Gasteiger partial charge in [0.2, 0.25) is 0 Å². The van der Waals surface area contributed by atoms with Gasteiger partial charge >= 0.3 is 0 Å². The lowest BCUT2D eigenvalue weighted by Gasteiger charge is -2.04. The molecule has 0 aliphatic rings. The summed E-state index contributed by atoms with van der Waals surface area (Å²) < 4.78 is 2.82. The Morgan fingerprint density at radius 2 is 2.08 bits per heavy atom. The average Bonchev–Trinajstić information content (AvgIpc) is 3.24. The number of hydrogen-bond acceptors (Lipinski definition) is 3. The molecule has 0 bridgehead atoms. The van der Waals surface area contributed by atoms with E-state index in [1.54, 1.807) is 40.5 Å². The molecule has 2 aromatic carbocycles. The van der Waals surface area contributed by atoms with Crippen molar-refractivity contribution in [1.82, 2.24) is 9.78 Å². The quantitative estimate of drug-likeness (QED) is 0.563. The van der Waals surface area contributed by atoms with Crippen molar-refractivity contribution in [2.24, 2.45) is 0 Å². The summed E-state index contributed by atoms with van der Waals surface area (Å²) in [7, 11) is 0. The number of fused-ring (bicyclic) bond motifs is 1. The van der Waals surface area contributed by atoms with Crippen molar-refractivity contribution in [2.75, 3.05) is 5.32 Å². The van der Waals surface area contributed by atoms with E-state index in [9.17, 15) is 4.79 Å². The Hall–Kier alpha value is -2.63. The van der Waals surface area contributed by atoms with Crippen molar-refractivity contribution in [3.63, 3.8) is 0 Å². The third-order valence-corrected chi connectivity index (χ3v) is 4.76. The zero-order chi connectivity index (χ0) is 16.5. The summed E-state index contributed by atoms with van der Waals surface area (Å²) >= 11 is 7.67. The van der Waals surface area contributed by atoms with E-state index in [4.69, 9.17) is 11.6 Å². The maximum absolute atomic E-state index is 12.4. The number of anilines is 1. The van der Waals surface area contributed by atoms with Crippen molar-refractivity contribution >= 4 is 44.6 Å². The highest BCUT2D eigenvalue weighted by molar-refractivity contribution is 7.17. The van der Waals surface area contributed by atoms with Gasteiger partial charge in [-0.05, 0) is 53.2 Å². The molecule has 0 aliphatic carbocycles. The van der Waals surface area contributed by atoms with E-state index in [-0.39, 0.29) is 5.91 Å². The van der Waals surface area contributed by atoms with Crippen LogP contribution in [0.25, 0.3) is 15.8 Å². The third-order valence-electron chi connectivity index (χ3n) is 3.63. The summed E-state index contributed by atoms with van der Waals surface area (Å²) in [6, 6.07) is 15.2. The fourth-order valence-electron chi connectivity index (χ4n) is 2.45. The fourth-order valence-corrected chi connectivity index (χ4v) is 3.40. The molecule has 0 aliphatic heterocycles. The number of carbonyl (C=O) groups excluding carboxylic acids is 1. The molecule has 1 amide bonds. The molecule has 0 unspecified atom stereocenters. The standard InChI is InChI=1S/C18H12ClN3OS/c19-14-2-1-3-16(9-14)22-11-13(10-20-22)18(23)21-15-4-5-17-12(8-15)6-7-24-17/h1-11H,(H,21,23). The van der Waals surface area contributed by atoms with E-state index >= 15 is 0 Å². The summed E-state index contributed by atoms with van der Waals surface area (Å²) in [5.41, 5.74) is 2.06.